The Balaban J connectivity index is 1.32. The highest BCUT2D eigenvalue weighted by molar-refractivity contribution is 5.81. The van der Waals surface area contributed by atoms with Crippen molar-refractivity contribution in [2.75, 3.05) is 31.6 Å². The average molecular weight is 330 g/mol. The number of ether oxygens (including phenoxy) is 1. The second-order valence-electron chi connectivity index (χ2n) is 7.23. The summed E-state index contributed by atoms with van der Waals surface area (Å²) in [6.07, 6.45) is 8.15. The van der Waals surface area contributed by atoms with Crippen LogP contribution in [-0.4, -0.2) is 47.1 Å². The quantitative estimate of drug-likeness (QED) is 0.808. The van der Waals surface area contributed by atoms with Gasteiger partial charge in [-0.1, -0.05) is 0 Å². The molecule has 6 nitrogen and oxygen atoms in total. The van der Waals surface area contributed by atoms with E-state index in [2.05, 4.69) is 15.3 Å². The highest BCUT2D eigenvalue weighted by atomic mass is 16.5. The van der Waals surface area contributed by atoms with E-state index in [9.17, 15) is 4.79 Å². The van der Waals surface area contributed by atoms with Gasteiger partial charge in [0.25, 0.3) is 0 Å². The molecule has 2 aliphatic heterocycles. The average Bonchev–Trinajstić information content (AvgIpc) is 3.34. The number of rotatable bonds is 6. The van der Waals surface area contributed by atoms with Gasteiger partial charge in [-0.15, -0.1) is 0 Å². The fraction of sp³-hybridized carbons (Fsp3) is 0.722. The Morgan fingerprint density at radius 3 is 3.04 bits per heavy atom. The Labute approximate surface area is 143 Å². The van der Waals surface area contributed by atoms with Crippen molar-refractivity contribution in [2.45, 2.75) is 45.1 Å². The van der Waals surface area contributed by atoms with Gasteiger partial charge in [0, 0.05) is 37.8 Å². The molecule has 130 valence electrons. The lowest BCUT2D eigenvalue weighted by atomic mass is 10.0. The molecule has 1 amide bonds. The molecule has 1 aromatic rings. The van der Waals surface area contributed by atoms with Crippen LogP contribution in [0, 0.1) is 11.8 Å². The summed E-state index contributed by atoms with van der Waals surface area (Å²) in [7, 11) is 0. The molecule has 0 bridgehead atoms. The molecule has 1 aromatic heterocycles. The van der Waals surface area contributed by atoms with Crippen LogP contribution >= 0.6 is 0 Å². The third-order valence-electron chi connectivity index (χ3n) is 5.35. The monoisotopic (exact) mass is 330 g/mol. The van der Waals surface area contributed by atoms with E-state index < -0.39 is 0 Å². The number of aromatic nitrogens is 2. The first kappa shape index (κ1) is 15.8. The van der Waals surface area contributed by atoms with E-state index in [-0.39, 0.29) is 5.92 Å². The third kappa shape index (κ3) is 3.53. The molecular weight excluding hydrogens is 304 g/mol. The van der Waals surface area contributed by atoms with Gasteiger partial charge in [-0.05, 0) is 44.4 Å². The first-order chi connectivity index (χ1) is 11.8. The largest absolute Gasteiger partial charge is 0.381 e. The number of nitrogens with one attached hydrogen (secondary N) is 1. The van der Waals surface area contributed by atoms with Crippen LogP contribution in [-0.2, 0) is 22.5 Å². The van der Waals surface area contributed by atoms with Crippen LogP contribution in [0.2, 0.25) is 0 Å². The molecule has 24 heavy (non-hydrogen) atoms. The molecule has 3 aliphatic rings. The molecule has 6 heteroatoms. The number of anilines is 1. The summed E-state index contributed by atoms with van der Waals surface area (Å²) in [6, 6.07) is 0. The lowest BCUT2D eigenvalue weighted by Gasteiger charge is -2.29. The van der Waals surface area contributed by atoms with Crippen molar-refractivity contribution in [3.05, 3.63) is 17.6 Å². The Bertz CT molecular complexity index is 597. The van der Waals surface area contributed by atoms with E-state index >= 15 is 0 Å². The topological polar surface area (TPSA) is 67.4 Å². The molecular formula is C18H26N4O2. The van der Waals surface area contributed by atoms with Gasteiger partial charge in [0.1, 0.15) is 12.1 Å². The summed E-state index contributed by atoms with van der Waals surface area (Å²) in [5, 5.41) is 3.48. The molecule has 0 spiro atoms. The van der Waals surface area contributed by atoms with Crippen molar-refractivity contribution in [3.63, 3.8) is 0 Å². The minimum absolute atomic E-state index is 0.283. The van der Waals surface area contributed by atoms with Gasteiger partial charge < -0.3 is 15.0 Å². The summed E-state index contributed by atoms with van der Waals surface area (Å²) in [6.45, 7) is 4.22. The van der Waals surface area contributed by atoms with Crippen molar-refractivity contribution in [3.8, 4) is 0 Å². The first-order valence-electron chi connectivity index (χ1n) is 9.24. The van der Waals surface area contributed by atoms with Crippen molar-refractivity contribution in [2.24, 2.45) is 11.8 Å². The predicted octanol–water partition coefficient (Wildman–Crippen LogP) is 2.00. The Morgan fingerprint density at radius 2 is 2.25 bits per heavy atom. The molecule has 2 fully saturated rings. The number of carbonyl (C=O) groups excluding carboxylic acids is 1. The molecule has 1 aliphatic carbocycles. The number of fused-ring (bicyclic) bond motifs is 1. The van der Waals surface area contributed by atoms with Gasteiger partial charge in [0.2, 0.25) is 5.91 Å². The smallest absolute Gasteiger partial charge is 0.226 e. The zero-order valence-corrected chi connectivity index (χ0v) is 14.2. The molecule has 1 saturated heterocycles. The zero-order valence-electron chi connectivity index (χ0n) is 14.2. The van der Waals surface area contributed by atoms with Crippen LogP contribution in [0.5, 0.6) is 0 Å². The lowest BCUT2D eigenvalue weighted by molar-refractivity contribution is -0.133. The standard InChI is InChI=1S/C18H26N4O2/c23-18(14-3-4-14)22-8-5-15-16(10-22)20-12-21-17(15)19-7-1-2-13-6-9-24-11-13/h12-14H,1-11H2,(H,19,20,21). The molecule has 3 heterocycles. The van der Waals surface area contributed by atoms with Gasteiger partial charge in [0.05, 0.1) is 12.2 Å². The van der Waals surface area contributed by atoms with E-state index in [1.54, 1.807) is 6.33 Å². The van der Waals surface area contributed by atoms with Gasteiger partial charge in [-0.25, -0.2) is 9.97 Å². The lowest BCUT2D eigenvalue weighted by Crippen LogP contribution is -2.37. The molecule has 1 atom stereocenters. The minimum Gasteiger partial charge on any atom is -0.381 e. The summed E-state index contributed by atoms with van der Waals surface area (Å²) >= 11 is 0. The maximum atomic E-state index is 12.2. The summed E-state index contributed by atoms with van der Waals surface area (Å²) in [5.74, 6) is 2.28. The van der Waals surface area contributed by atoms with E-state index in [1.807, 2.05) is 4.90 Å². The van der Waals surface area contributed by atoms with Gasteiger partial charge >= 0.3 is 0 Å². The zero-order chi connectivity index (χ0) is 16.4. The van der Waals surface area contributed by atoms with Crippen molar-refractivity contribution in [1.82, 2.24) is 14.9 Å². The van der Waals surface area contributed by atoms with Crippen LogP contribution < -0.4 is 5.32 Å². The second-order valence-corrected chi connectivity index (χ2v) is 7.23. The number of nitrogens with zero attached hydrogens (tertiary/aromatic N) is 3. The molecule has 1 N–H and O–H groups in total. The van der Waals surface area contributed by atoms with E-state index in [1.165, 1.54) is 18.4 Å². The molecule has 1 saturated carbocycles. The van der Waals surface area contributed by atoms with Gasteiger partial charge in [0.15, 0.2) is 0 Å². The highest BCUT2D eigenvalue weighted by Gasteiger charge is 2.35. The van der Waals surface area contributed by atoms with Gasteiger partial charge in [-0.3, -0.25) is 4.79 Å². The van der Waals surface area contributed by atoms with Crippen LogP contribution in [0.1, 0.15) is 43.4 Å². The molecule has 4 rings (SSSR count). The van der Waals surface area contributed by atoms with Crippen molar-refractivity contribution in [1.29, 1.82) is 0 Å². The van der Waals surface area contributed by atoms with E-state index in [0.29, 0.717) is 12.5 Å². The molecule has 1 unspecified atom stereocenters. The first-order valence-corrected chi connectivity index (χ1v) is 9.24. The van der Waals surface area contributed by atoms with Crippen LogP contribution in [0.3, 0.4) is 0 Å². The Hall–Kier alpha value is -1.69. The van der Waals surface area contributed by atoms with Crippen LogP contribution in [0.4, 0.5) is 5.82 Å². The van der Waals surface area contributed by atoms with E-state index in [4.69, 9.17) is 4.74 Å². The number of hydrogen-bond acceptors (Lipinski definition) is 5. The Morgan fingerprint density at radius 1 is 1.33 bits per heavy atom. The molecule has 0 aromatic carbocycles. The predicted molar refractivity (Wildman–Crippen MR) is 90.5 cm³/mol. The van der Waals surface area contributed by atoms with Gasteiger partial charge in [-0.2, -0.15) is 0 Å². The minimum atomic E-state index is 0.283. The van der Waals surface area contributed by atoms with Crippen molar-refractivity contribution >= 4 is 11.7 Å². The maximum Gasteiger partial charge on any atom is 0.226 e. The summed E-state index contributed by atoms with van der Waals surface area (Å²) < 4.78 is 5.42. The summed E-state index contributed by atoms with van der Waals surface area (Å²) in [4.78, 5) is 23.1. The molecule has 0 radical (unpaired) electrons. The number of carbonyl (C=O) groups is 1. The number of hydrogen-bond donors (Lipinski definition) is 1. The van der Waals surface area contributed by atoms with Crippen LogP contribution in [0.15, 0.2) is 6.33 Å². The normalized spacial score (nSPS) is 23.2. The van der Waals surface area contributed by atoms with Crippen LogP contribution in [0.25, 0.3) is 0 Å². The highest BCUT2D eigenvalue weighted by Crippen LogP contribution is 2.33. The fourth-order valence-electron chi connectivity index (χ4n) is 3.69. The third-order valence-corrected chi connectivity index (χ3v) is 5.35. The Kier molecular flexibility index (Phi) is 4.65. The SMILES string of the molecule is O=C(C1CC1)N1CCc2c(ncnc2NCCCC2CCOC2)C1. The maximum absolute atomic E-state index is 12.2. The van der Waals surface area contributed by atoms with E-state index in [0.717, 1.165) is 69.4 Å². The fourth-order valence-corrected chi connectivity index (χ4v) is 3.69. The number of amides is 1. The second kappa shape index (κ2) is 7.05. The summed E-state index contributed by atoms with van der Waals surface area (Å²) in [5.41, 5.74) is 2.21. The van der Waals surface area contributed by atoms with Crippen molar-refractivity contribution < 1.29 is 9.53 Å².